The summed E-state index contributed by atoms with van der Waals surface area (Å²) in [6.45, 7) is 8.44. The number of allylic oxidation sites excluding steroid dienone is 1. The van der Waals surface area contributed by atoms with E-state index in [1.165, 1.54) is 24.4 Å². The van der Waals surface area contributed by atoms with E-state index in [2.05, 4.69) is 9.98 Å². The van der Waals surface area contributed by atoms with Gasteiger partial charge in [0.25, 0.3) is 0 Å². The quantitative estimate of drug-likeness (QED) is 0.498. The number of anilines is 1. The van der Waals surface area contributed by atoms with Crippen molar-refractivity contribution in [3.8, 4) is 5.75 Å². The van der Waals surface area contributed by atoms with Gasteiger partial charge in [0, 0.05) is 53.4 Å². The second-order valence-corrected chi connectivity index (χ2v) is 10.0. The fourth-order valence-electron chi connectivity index (χ4n) is 3.71. The van der Waals surface area contributed by atoms with Crippen LogP contribution in [0.25, 0.3) is 5.57 Å². The number of likely N-dealkylation sites (tertiary alicyclic amines) is 1. The Kier molecular flexibility index (Phi) is 8.79. The average molecular weight is 518 g/mol. The average Bonchev–Trinajstić information content (AvgIpc) is 2.82. The first-order chi connectivity index (χ1) is 17.0. The monoisotopic (exact) mass is 517 g/mol. The molecule has 2 aromatic rings. The minimum Gasteiger partial charge on any atom is -0.482 e. The number of nitrogen functional groups attached to an aromatic ring is 1. The van der Waals surface area contributed by atoms with Crippen molar-refractivity contribution in [2.24, 2.45) is 10.7 Å². The van der Waals surface area contributed by atoms with E-state index in [1.54, 1.807) is 30.3 Å². The van der Waals surface area contributed by atoms with Gasteiger partial charge in [-0.15, -0.1) is 0 Å². The molecule has 1 unspecified atom stereocenters. The molecule has 1 aliphatic rings. The lowest BCUT2D eigenvalue weighted by atomic mass is 10.1. The number of carbonyl (C=O) groups is 1. The van der Waals surface area contributed by atoms with Crippen LogP contribution in [0.2, 0.25) is 5.02 Å². The molecule has 8 nitrogen and oxygen atoms in total. The molecule has 1 fully saturated rings. The summed E-state index contributed by atoms with van der Waals surface area (Å²) in [5.74, 6) is 0.0888. The molecule has 0 aliphatic carbocycles. The number of aromatic nitrogens is 1. The molecule has 1 saturated heterocycles. The molecule has 36 heavy (non-hydrogen) atoms. The van der Waals surface area contributed by atoms with Crippen molar-refractivity contribution in [3.05, 3.63) is 58.6 Å². The summed E-state index contributed by atoms with van der Waals surface area (Å²) in [7, 11) is 0. The maximum absolute atomic E-state index is 13.7. The van der Waals surface area contributed by atoms with Gasteiger partial charge in [-0.05, 0) is 64.8 Å². The van der Waals surface area contributed by atoms with Crippen LogP contribution in [0.15, 0.2) is 41.7 Å². The van der Waals surface area contributed by atoms with Crippen molar-refractivity contribution in [3.63, 3.8) is 0 Å². The third-order valence-electron chi connectivity index (χ3n) is 5.64. The van der Waals surface area contributed by atoms with E-state index in [1.807, 2.05) is 20.8 Å². The van der Waals surface area contributed by atoms with E-state index in [-0.39, 0.29) is 18.0 Å². The number of aliphatic imine (C=N–C) groups is 1. The molecular weight excluding hydrogens is 485 g/mol. The second-order valence-electron chi connectivity index (χ2n) is 9.63. The van der Waals surface area contributed by atoms with Crippen molar-refractivity contribution in [2.45, 2.75) is 58.3 Å². The highest BCUT2D eigenvalue weighted by molar-refractivity contribution is 6.31. The Morgan fingerprint density at radius 2 is 2.00 bits per heavy atom. The van der Waals surface area contributed by atoms with Crippen LogP contribution in [-0.2, 0) is 4.74 Å². The van der Waals surface area contributed by atoms with E-state index in [0.717, 1.165) is 0 Å². The zero-order valence-electron chi connectivity index (χ0n) is 21.0. The molecule has 2 heterocycles. The number of hydrogen-bond acceptors (Lipinski definition) is 7. The van der Waals surface area contributed by atoms with Crippen LogP contribution in [0.5, 0.6) is 5.75 Å². The maximum Gasteiger partial charge on any atom is 0.410 e. The fourth-order valence-corrected chi connectivity index (χ4v) is 3.98. The lowest BCUT2D eigenvalue weighted by Crippen LogP contribution is -2.42. The van der Waals surface area contributed by atoms with E-state index in [0.29, 0.717) is 53.4 Å². The molecule has 0 bridgehead atoms. The van der Waals surface area contributed by atoms with Crippen LogP contribution >= 0.6 is 11.6 Å². The van der Waals surface area contributed by atoms with Crippen molar-refractivity contribution < 1.29 is 18.7 Å². The Morgan fingerprint density at radius 1 is 1.31 bits per heavy atom. The highest BCUT2D eigenvalue weighted by Gasteiger charge is 2.26. The van der Waals surface area contributed by atoms with Gasteiger partial charge in [0.05, 0.1) is 6.04 Å². The fraction of sp³-hybridized carbons (Fsp3) is 0.423. The SMILES string of the molecule is CC(Oc1cc(C(C=NC2CCN(C(=O)OC(C)(C)C)CC2)=CN)cnc1N)c1cc(F)ccc1Cl. The molecule has 0 spiro atoms. The third kappa shape index (κ3) is 7.34. The van der Waals surface area contributed by atoms with Gasteiger partial charge in [-0.3, -0.25) is 4.99 Å². The Hall–Kier alpha value is -3.33. The highest BCUT2D eigenvalue weighted by atomic mass is 35.5. The molecule has 1 aromatic carbocycles. The number of ether oxygens (including phenoxy) is 2. The Morgan fingerprint density at radius 3 is 2.64 bits per heavy atom. The van der Waals surface area contributed by atoms with Crippen molar-refractivity contribution in [2.75, 3.05) is 18.8 Å². The Balaban J connectivity index is 1.66. The van der Waals surface area contributed by atoms with E-state index in [4.69, 9.17) is 32.5 Å². The van der Waals surface area contributed by atoms with Crippen molar-refractivity contribution in [1.29, 1.82) is 0 Å². The van der Waals surface area contributed by atoms with Gasteiger partial charge in [-0.25, -0.2) is 14.2 Å². The predicted octanol–water partition coefficient (Wildman–Crippen LogP) is 5.37. The van der Waals surface area contributed by atoms with Gasteiger partial charge in [0.15, 0.2) is 11.6 Å². The van der Waals surface area contributed by atoms with Crippen LogP contribution in [0.3, 0.4) is 0 Å². The third-order valence-corrected chi connectivity index (χ3v) is 5.98. The first-order valence-corrected chi connectivity index (χ1v) is 12.1. The van der Waals surface area contributed by atoms with Crippen LogP contribution in [0, 0.1) is 5.82 Å². The minimum atomic E-state index is -0.568. The van der Waals surface area contributed by atoms with Gasteiger partial charge in [0.1, 0.15) is 17.5 Å². The molecule has 1 amide bonds. The van der Waals surface area contributed by atoms with E-state index >= 15 is 0 Å². The summed E-state index contributed by atoms with van der Waals surface area (Å²) < 4.78 is 25.1. The largest absolute Gasteiger partial charge is 0.482 e. The molecule has 3 rings (SSSR count). The second kappa shape index (κ2) is 11.6. The molecule has 0 radical (unpaired) electrons. The number of rotatable bonds is 6. The minimum absolute atomic E-state index is 0.0474. The summed E-state index contributed by atoms with van der Waals surface area (Å²) in [6, 6.07) is 5.85. The molecule has 194 valence electrons. The molecule has 4 N–H and O–H groups in total. The van der Waals surface area contributed by atoms with Crippen molar-refractivity contribution >= 4 is 35.3 Å². The molecule has 1 aliphatic heterocycles. The Labute approximate surface area is 216 Å². The van der Waals surface area contributed by atoms with Gasteiger partial charge < -0.3 is 25.8 Å². The number of benzene rings is 1. The van der Waals surface area contributed by atoms with Crippen LogP contribution in [0.1, 0.15) is 57.8 Å². The zero-order chi connectivity index (χ0) is 26.5. The predicted molar refractivity (Wildman–Crippen MR) is 141 cm³/mol. The molecule has 1 atom stereocenters. The topological polar surface area (TPSA) is 116 Å². The Bertz CT molecular complexity index is 1140. The number of hydrogen-bond donors (Lipinski definition) is 2. The number of nitrogens with zero attached hydrogens (tertiary/aromatic N) is 3. The number of piperidine rings is 1. The zero-order valence-corrected chi connectivity index (χ0v) is 21.8. The van der Waals surface area contributed by atoms with Crippen molar-refractivity contribution in [1.82, 2.24) is 9.88 Å². The molecule has 1 aromatic heterocycles. The summed E-state index contributed by atoms with van der Waals surface area (Å²) in [5, 5.41) is 0.388. The van der Waals surface area contributed by atoms with Crippen LogP contribution in [-0.4, -0.2) is 46.9 Å². The van der Waals surface area contributed by atoms with E-state index < -0.39 is 17.5 Å². The molecule has 10 heteroatoms. The van der Waals surface area contributed by atoms with Crippen LogP contribution < -0.4 is 16.2 Å². The van der Waals surface area contributed by atoms with Gasteiger partial charge in [-0.1, -0.05) is 11.6 Å². The highest BCUT2D eigenvalue weighted by Crippen LogP contribution is 2.31. The summed E-state index contributed by atoms with van der Waals surface area (Å²) in [6.07, 6.45) is 5.27. The van der Waals surface area contributed by atoms with Crippen LogP contribution in [0.4, 0.5) is 15.0 Å². The number of amides is 1. The van der Waals surface area contributed by atoms with Gasteiger partial charge in [-0.2, -0.15) is 0 Å². The number of pyridine rings is 1. The standard InChI is InChI=1S/C26H33ClFN5O3/c1-16(21-12-19(28)5-6-22(21)27)35-23-11-17(14-32-24(23)30)18(13-29)15-31-20-7-9-33(10-8-20)25(34)36-26(2,3)4/h5-6,11-16,20H,7-10,29H2,1-4H3,(H2,30,32). The lowest BCUT2D eigenvalue weighted by molar-refractivity contribution is 0.0207. The van der Waals surface area contributed by atoms with Gasteiger partial charge >= 0.3 is 6.09 Å². The first-order valence-electron chi connectivity index (χ1n) is 11.8. The number of nitrogens with two attached hydrogens (primary N) is 2. The summed E-state index contributed by atoms with van der Waals surface area (Å²) >= 11 is 6.21. The summed E-state index contributed by atoms with van der Waals surface area (Å²) in [4.78, 5) is 22.9. The maximum atomic E-state index is 13.7. The van der Waals surface area contributed by atoms with Gasteiger partial charge in [0.2, 0.25) is 0 Å². The number of halogens is 2. The first kappa shape index (κ1) is 27.3. The normalized spacial score (nSPS) is 16.3. The molecular formula is C26H33ClFN5O3. The summed E-state index contributed by atoms with van der Waals surface area (Å²) in [5.41, 5.74) is 13.2. The molecule has 0 saturated carbocycles. The van der Waals surface area contributed by atoms with E-state index in [9.17, 15) is 9.18 Å². The smallest absolute Gasteiger partial charge is 0.410 e. The number of carbonyl (C=O) groups excluding carboxylic acids is 1. The lowest BCUT2D eigenvalue weighted by Gasteiger charge is -2.32.